The lowest BCUT2D eigenvalue weighted by Crippen LogP contribution is -2.36. The summed E-state index contributed by atoms with van der Waals surface area (Å²) in [5.41, 5.74) is 1.16. The van der Waals surface area contributed by atoms with Crippen LogP contribution >= 0.6 is 0 Å². The molecule has 0 aliphatic rings. The second-order valence-electron chi connectivity index (χ2n) is 4.74. The molecule has 0 amide bonds. The van der Waals surface area contributed by atoms with Crippen LogP contribution in [-0.2, 0) is 9.53 Å². The van der Waals surface area contributed by atoms with Crippen molar-refractivity contribution >= 4 is 16.7 Å². The number of fused-ring (bicyclic) bond motifs is 1. The topological polar surface area (TPSA) is 38.3 Å². The van der Waals surface area contributed by atoms with Gasteiger partial charge in [0, 0.05) is 6.04 Å². The van der Waals surface area contributed by atoms with E-state index in [1.807, 2.05) is 26.0 Å². The minimum absolute atomic E-state index is 0.0960. The number of methoxy groups -OCH3 is 1. The predicted octanol–water partition coefficient (Wildman–Crippen LogP) is 3.05. The second kappa shape index (κ2) is 5.85. The number of rotatable bonds is 4. The summed E-state index contributed by atoms with van der Waals surface area (Å²) in [5.74, 6) is -0.243. The zero-order valence-corrected chi connectivity index (χ0v) is 11.5. The van der Waals surface area contributed by atoms with Gasteiger partial charge in [-0.25, -0.2) is 0 Å². The minimum Gasteiger partial charge on any atom is -0.468 e. The Labute approximate surface area is 113 Å². The van der Waals surface area contributed by atoms with Gasteiger partial charge in [0.2, 0.25) is 0 Å². The Bertz CT molecular complexity index is 580. The second-order valence-corrected chi connectivity index (χ2v) is 4.74. The highest BCUT2D eigenvalue weighted by molar-refractivity contribution is 5.83. The van der Waals surface area contributed by atoms with Gasteiger partial charge in [-0.1, -0.05) is 36.4 Å². The predicted molar refractivity (Wildman–Crippen MR) is 77.0 cm³/mol. The molecule has 0 spiro atoms. The van der Waals surface area contributed by atoms with Crippen molar-refractivity contribution in [1.82, 2.24) is 5.32 Å². The van der Waals surface area contributed by atoms with Gasteiger partial charge in [0.25, 0.3) is 0 Å². The number of hydrogen-bond acceptors (Lipinski definition) is 3. The number of nitrogens with one attached hydrogen (secondary N) is 1. The molecule has 19 heavy (non-hydrogen) atoms. The van der Waals surface area contributed by atoms with Crippen LogP contribution in [0.3, 0.4) is 0 Å². The molecule has 3 heteroatoms. The number of carbonyl (C=O) groups is 1. The number of benzene rings is 2. The fourth-order valence-electron chi connectivity index (χ4n) is 2.19. The molecule has 2 unspecified atom stereocenters. The summed E-state index contributed by atoms with van der Waals surface area (Å²) >= 11 is 0. The number of ether oxygens (including phenoxy) is 1. The molecule has 0 bridgehead atoms. The first-order valence-electron chi connectivity index (χ1n) is 6.44. The molecule has 2 aromatic carbocycles. The van der Waals surface area contributed by atoms with Gasteiger partial charge in [-0.05, 0) is 36.2 Å². The van der Waals surface area contributed by atoms with Crippen LogP contribution < -0.4 is 5.32 Å². The van der Waals surface area contributed by atoms with Crippen LogP contribution in [0.5, 0.6) is 0 Å². The standard InChI is InChI=1S/C16H19NO2/c1-11(17-12(2)16(18)19-3)14-9-8-13-6-4-5-7-15(13)10-14/h4-12,17H,1-3H3. The molecule has 2 aromatic rings. The van der Waals surface area contributed by atoms with Crippen molar-refractivity contribution in [1.29, 1.82) is 0 Å². The average molecular weight is 257 g/mol. The molecule has 2 rings (SSSR count). The van der Waals surface area contributed by atoms with Crippen LogP contribution in [0.2, 0.25) is 0 Å². The summed E-state index contributed by atoms with van der Waals surface area (Å²) in [7, 11) is 1.40. The maximum Gasteiger partial charge on any atom is 0.322 e. The van der Waals surface area contributed by atoms with Crippen molar-refractivity contribution in [3.63, 3.8) is 0 Å². The molecule has 3 nitrogen and oxygen atoms in total. The zero-order chi connectivity index (χ0) is 13.8. The van der Waals surface area contributed by atoms with Crippen LogP contribution in [0.15, 0.2) is 42.5 Å². The van der Waals surface area contributed by atoms with E-state index >= 15 is 0 Å². The van der Waals surface area contributed by atoms with Crippen molar-refractivity contribution in [3.05, 3.63) is 48.0 Å². The van der Waals surface area contributed by atoms with Crippen molar-refractivity contribution in [3.8, 4) is 0 Å². The summed E-state index contributed by atoms with van der Waals surface area (Å²) in [5, 5.41) is 5.67. The van der Waals surface area contributed by atoms with Gasteiger partial charge in [-0.15, -0.1) is 0 Å². The zero-order valence-electron chi connectivity index (χ0n) is 11.5. The third-order valence-electron chi connectivity index (χ3n) is 3.33. The Balaban J connectivity index is 2.17. The molecule has 0 aliphatic carbocycles. The first kappa shape index (κ1) is 13.6. The fourth-order valence-corrected chi connectivity index (χ4v) is 2.19. The maximum absolute atomic E-state index is 11.4. The van der Waals surface area contributed by atoms with Crippen molar-refractivity contribution in [2.24, 2.45) is 0 Å². The lowest BCUT2D eigenvalue weighted by Gasteiger charge is -2.19. The average Bonchev–Trinajstić information content (AvgIpc) is 2.45. The summed E-state index contributed by atoms with van der Waals surface area (Å²) < 4.78 is 4.72. The van der Waals surface area contributed by atoms with Crippen LogP contribution in [0, 0.1) is 0 Å². The summed E-state index contributed by atoms with van der Waals surface area (Å²) in [6.45, 7) is 3.85. The van der Waals surface area contributed by atoms with Crippen LogP contribution in [0.1, 0.15) is 25.5 Å². The smallest absolute Gasteiger partial charge is 0.322 e. The molecule has 0 heterocycles. The molecule has 0 fully saturated rings. The molecule has 0 aromatic heterocycles. The van der Waals surface area contributed by atoms with E-state index in [9.17, 15) is 4.79 Å². The Morgan fingerprint density at radius 1 is 1.11 bits per heavy atom. The van der Waals surface area contributed by atoms with Gasteiger partial charge in [0.15, 0.2) is 0 Å². The van der Waals surface area contributed by atoms with E-state index in [2.05, 4.69) is 35.6 Å². The molecular formula is C16H19NO2. The minimum atomic E-state index is -0.313. The molecule has 100 valence electrons. The lowest BCUT2D eigenvalue weighted by atomic mass is 10.0. The van der Waals surface area contributed by atoms with Crippen molar-refractivity contribution in [2.45, 2.75) is 25.9 Å². The van der Waals surface area contributed by atoms with Crippen LogP contribution in [-0.4, -0.2) is 19.1 Å². The normalized spacial score (nSPS) is 14.1. The van der Waals surface area contributed by atoms with Gasteiger partial charge in [0.05, 0.1) is 7.11 Å². The van der Waals surface area contributed by atoms with E-state index in [1.54, 1.807) is 0 Å². The Kier molecular flexibility index (Phi) is 4.17. The fraction of sp³-hybridized carbons (Fsp3) is 0.312. The van der Waals surface area contributed by atoms with Gasteiger partial charge in [0.1, 0.15) is 6.04 Å². The third kappa shape index (κ3) is 3.12. The monoisotopic (exact) mass is 257 g/mol. The first-order valence-corrected chi connectivity index (χ1v) is 6.44. The molecule has 0 saturated heterocycles. The molecular weight excluding hydrogens is 238 g/mol. The molecule has 1 N–H and O–H groups in total. The van der Waals surface area contributed by atoms with Crippen LogP contribution in [0.4, 0.5) is 0 Å². The molecule has 0 saturated carbocycles. The van der Waals surface area contributed by atoms with E-state index in [0.29, 0.717) is 0 Å². The summed E-state index contributed by atoms with van der Waals surface area (Å²) in [6.07, 6.45) is 0. The maximum atomic E-state index is 11.4. The highest BCUT2D eigenvalue weighted by atomic mass is 16.5. The third-order valence-corrected chi connectivity index (χ3v) is 3.33. The van der Waals surface area contributed by atoms with Gasteiger partial charge in [-0.2, -0.15) is 0 Å². The molecule has 0 radical (unpaired) electrons. The van der Waals surface area contributed by atoms with Gasteiger partial charge in [-0.3, -0.25) is 10.1 Å². The Hall–Kier alpha value is -1.87. The number of carbonyl (C=O) groups excluding carboxylic acids is 1. The summed E-state index contributed by atoms with van der Waals surface area (Å²) in [4.78, 5) is 11.4. The van der Waals surface area contributed by atoms with E-state index < -0.39 is 0 Å². The quantitative estimate of drug-likeness (QED) is 0.855. The highest BCUT2D eigenvalue weighted by Gasteiger charge is 2.16. The Morgan fingerprint density at radius 2 is 1.79 bits per heavy atom. The van der Waals surface area contributed by atoms with Gasteiger partial charge >= 0.3 is 5.97 Å². The summed E-state index contributed by atoms with van der Waals surface area (Å²) in [6, 6.07) is 14.4. The van der Waals surface area contributed by atoms with Gasteiger partial charge < -0.3 is 4.74 Å². The van der Waals surface area contributed by atoms with E-state index in [0.717, 1.165) is 5.56 Å². The number of hydrogen-bond donors (Lipinski definition) is 1. The highest BCUT2D eigenvalue weighted by Crippen LogP contribution is 2.20. The molecule has 0 aliphatic heterocycles. The van der Waals surface area contributed by atoms with Crippen molar-refractivity contribution in [2.75, 3.05) is 7.11 Å². The van der Waals surface area contributed by atoms with E-state index in [-0.39, 0.29) is 18.1 Å². The van der Waals surface area contributed by atoms with Crippen molar-refractivity contribution < 1.29 is 9.53 Å². The SMILES string of the molecule is COC(=O)C(C)NC(C)c1ccc2ccccc2c1. The van der Waals surface area contributed by atoms with Crippen LogP contribution in [0.25, 0.3) is 10.8 Å². The number of esters is 1. The molecule has 2 atom stereocenters. The first-order chi connectivity index (χ1) is 9.11. The lowest BCUT2D eigenvalue weighted by molar-refractivity contribution is -0.142. The van der Waals surface area contributed by atoms with E-state index in [1.165, 1.54) is 17.9 Å². The van der Waals surface area contributed by atoms with E-state index in [4.69, 9.17) is 4.74 Å². The largest absolute Gasteiger partial charge is 0.468 e. The Morgan fingerprint density at radius 3 is 2.47 bits per heavy atom.